The molecule has 2 aliphatic rings. The molecule has 4 rings (SSSR count). The molecule has 0 aromatic heterocycles. The molecule has 1 amide bonds. The molecule has 2 heterocycles. The van der Waals surface area contributed by atoms with Crippen molar-refractivity contribution >= 4 is 33.4 Å². The van der Waals surface area contributed by atoms with Crippen LogP contribution in [0, 0.1) is 0 Å². The second-order valence-electron chi connectivity index (χ2n) is 6.87. The van der Waals surface area contributed by atoms with Crippen LogP contribution in [0.25, 0.3) is 0 Å². The van der Waals surface area contributed by atoms with Crippen LogP contribution in [-0.4, -0.2) is 44.3 Å². The highest BCUT2D eigenvalue weighted by molar-refractivity contribution is 7.99. The Morgan fingerprint density at radius 3 is 2.62 bits per heavy atom. The van der Waals surface area contributed by atoms with Gasteiger partial charge in [0.05, 0.1) is 4.90 Å². The number of fused-ring (bicyclic) bond motifs is 1. The van der Waals surface area contributed by atoms with Gasteiger partial charge in [-0.2, -0.15) is 16.1 Å². The van der Waals surface area contributed by atoms with Crippen LogP contribution in [0.3, 0.4) is 0 Å². The lowest BCUT2D eigenvalue weighted by Gasteiger charge is -2.20. The molecular formula is C20H22N2O5S2. The fraction of sp³-hybridized carbons (Fsp3) is 0.350. The molecule has 29 heavy (non-hydrogen) atoms. The SMILES string of the molecule is CC(=O)Nc1ccc(S(=O)(=O)N2CCSC(c3ccc4c(c3)OCO4)CC2)cc1. The van der Waals surface area contributed by atoms with Crippen LogP contribution >= 0.6 is 11.8 Å². The van der Waals surface area contributed by atoms with Crippen molar-refractivity contribution in [3.05, 3.63) is 48.0 Å². The molecule has 9 heteroatoms. The quantitative estimate of drug-likeness (QED) is 0.795. The number of amides is 1. The minimum atomic E-state index is -3.58. The lowest BCUT2D eigenvalue weighted by atomic mass is 10.1. The molecule has 1 atom stereocenters. The maximum atomic E-state index is 13.1. The molecule has 1 fully saturated rings. The first kappa shape index (κ1) is 20.1. The van der Waals surface area contributed by atoms with Crippen molar-refractivity contribution in [1.82, 2.24) is 4.31 Å². The van der Waals surface area contributed by atoms with Gasteiger partial charge in [0.15, 0.2) is 11.5 Å². The molecule has 0 aliphatic carbocycles. The Hall–Kier alpha value is -2.23. The predicted octanol–water partition coefficient (Wildman–Crippen LogP) is 3.24. The van der Waals surface area contributed by atoms with Crippen LogP contribution in [0.2, 0.25) is 0 Å². The van der Waals surface area contributed by atoms with Crippen molar-refractivity contribution in [3.8, 4) is 11.5 Å². The zero-order chi connectivity index (χ0) is 20.4. The van der Waals surface area contributed by atoms with Gasteiger partial charge in [0.2, 0.25) is 22.7 Å². The van der Waals surface area contributed by atoms with Crippen molar-refractivity contribution in [2.24, 2.45) is 0 Å². The number of thioether (sulfide) groups is 1. The molecule has 1 N–H and O–H groups in total. The summed E-state index contributed by atoms with van der Waals surface area (Å²) < 4.78 is 38.5. The molecule has 2 aliphatic heterocycles. The number of carbonyl (C=O) groups is 1. The molecule has 0 bridgehead atoms. The van der Waals surface area contributed by atoms with Crippen LogP contribution in [0.1, 0.15) is 24.2 Å². The highest BCUT2D eigenvalue weighted by atomic mass is 32.2. The highest BCUT2D eigenvalue weighted by Crippen LogP contribution is 2.40. The third-order valence-electron chi connectivity index (χ3n) is 4.88. The Balaban J connectivity index is 1.46. The van der Waals surface area contributed by atoms with E-state index < -0.39 is 10.0 Å². The van der Waals surface area contributed by atoms with E-state index in [1.165, 1.54) is 19.1 Å². The summed E-state index contributed by atoms with van der Waals surface area (Å²) in [5.74, 6) is 2.01. The number of ether oxygens (including phenoxy) is 2. The fourth-order valence-corrected chi connectivity index (χ4v) is 6.22. The van der Waals surface area contributed by atoms with Crippen molar-refractivity contribution in [2.45, 2.75) is 23.5 Å². The van der Waals surface area contributed by atoms with Crippen LogP contribution in [0.15, 0.2) is 47.4 Å². The van der Waals surface area contributed by atoms with Gasteiger partial charge in [-0.1, -0.05) is 6.07 Å². The summed E-state index contributed by atoms with van der Waals surface area (Å²) in [6.45, 7) is 2.56. The van der Waals surface area contributed by atoms with Gasteiger partial charge in [-0.25, -0.2) is 8.42 Å². The maximum Gasteiger partial charge on any atom is 0.243 e. The number of sulfonamides is 1. The largest absolute Gasteiger partial charge is 0.454 e. The fourth-order valence-electron chi connectivity index (χ4n) is 3.43. The van der Waals surface area contributed by atoms with E-state index in [0.29, 0.717) is 31.0 Å². The van der Waals surface area contributed by atoms with Crippen LogP contribution in [0.4, 0.5) is 5.69 Å². The van der Waals surface area contributed by atoms with Gasteiger partial charge in [-0.3, -0.25) is 4.79 Å². The molecule has 0 radical (unpaired) electrons. The third-order valence-corrected chi connectivity index (χ3v) is 8.12. The van der Waals surface area contributed by atoms with Crippen molar-refractivity contribution in [2.75, 3.05) is 31.0 Å². The molecule has 1 saturated heterocycles. The Labute approximate surface area is 174 Å². The van der Waals surface area contributed by atoms with E-state index in [-0.39, 0.29) is 22.8 Å². The van der Waals surface area contributed by atoms with Crippen molar-refractivity contribution < 1.29 is 22.7 Å². The van der Waals surface area contributed by atoms with E-state index in [2.05, 4.69) is 5.32 Å². The first-order chi connectivity index (χ1) is 13.9. The van der Waals surface area contributed by atoms with Gasteiger partial charge in [0.25, 0.3) is 0 Å². The normalized spacial score (nSPS) is 19.6. The summed E-state index contributed by atoms with van der Waals surface area (Å²) in [6, 6.07) is 12.2. The minimum absolute atomic E-state index is 0.195. The van der Waals surface area contributed by atoms with Crippen molar-refractivity contribution in [3.63, 3.8) is 0 Å². The summed E-state index contributed by atoms with van der Waals surface area (Å²) in [5.41, 5.74) is 1.70. The second kappa shape index (κ2) is 8.25. The van der Waals surface area contributed by atoms with Gasteiger partial charge in [0.1, 0.15) is 0 Å². The summed E-state index contributed by atoms with van der Waals surface area (Å²) in [4.78, 5) is 11.4. The lowest BCUT2D eigenvalue weighted by molar-refractivity contribution is -0.114. The van der Waals surface area contributed by atoms with Crippen LogP contribution in [0.5, 0.6) is 11.5 Å². The monoisotopic (exact) mass is 434 g/mol. The smallest absolute Gasteiger partial charge is 0.243 e. The molecule has 0 spiro atoms. The number of benzene rings is 2. The van der Waals surface area contributed by atoms with E-state index in [0.717, 1.165) is 17.1 Å². The zero-order valence-electron chi connectivity index (χ0n) is 16.0. The number of carbonyl (C=O) groups excluding carboxylic acids is 1. The van der Waals surface area contributed by atoms with Gasteiger partial charge < -0.3 is 14.8 Å². The molecule has 2 aromatic rings. The maximum absolute atomic E-state index is 13.1. The number of anilines is 1. The van der Waals surface area contributed by atoms with E-state index in [9.17, 15) is 13.2 Å². The lowest BCUT2D eigenvalue weighted by Crippen LogP contribution is -2.33. The van der Waals surface area contributed by atoms with Gasteiger partial charge in [0, 0.05) is 36.7 Å². The topological polar surface area (TPSA) is 84.9 Å². The van der Waals surface area contributed by atoms with Crippen molar-refractivity contribution in [1.29, 1.82) is 0 Å². The van der Waals surface area contributed by atoms with Gasteiger partial charge in [-0.05, 0) is 48.4 Å². The summed E-state index contributed by atoms with van der Waals surface area (Å²) in [6.07, 6.45) is 0.716. The standard InChI is InChI=1S/C20H22N2O5S2/c1-14(23)21-16-3-5-17(6-4-16)29(24,25)22-9-8-20(28-11-10-22)15-2-7-18-19(12-15)27-13-26-18/h2-7,12,20H,8-11,13H2,1H3,(H,21,23). The Kier molecular flexibility index (Phi) is 5.71. The summed E-state index contributed by atoms with van der Waals surface area (Å²) >= 11 is 1.76. The molecule has 1 unspecified atom stereocenters. The highest BCUT2D eigenvalue weighted by Gasteiger charge is 2.29. The number of hydrogen-bond acceptors (Lipinski definition) is 6. The van der Waals surface area contributed by atoms with Gasteiger partial charge in [-0.15, -0.1) is 0 Å². The van der Waals surface area contributed by atoms with E-state index in [1.54, 1.807) is 28.2 Å². The average Bonchev–Trinajstić information content (AvgIpc) is 3.01. The van der Waals surface area contributed by atoms with E-state index >= 15 is 0 Å². The van der Waals surface area contributed by atoms with E-state index in [4.69, 9.17) is 9.47 Å². The third kappa shape index (κ3) is 4.36. The first-order valence-electron chi connectivity index (χ1n) is 9.32. The number of nitrogens with one attached hydrogen (secondary N) is 1. The summed E-state index contributed by atoms with van der Waals surface area (Å²) in [7, 11) is -3.58. The second-order valence-corrected chi connectivity index (χ2v) is 10.1. The Morgan fingerprint density at radius 1 is 1.10 bits per heavy atom. The summed E-state index contributed by atoms with van der Waals surface area (Å²) in [5, 5.41) is 2.85. The molecule has 7 nitrogen and oxygen atoms in total. The number of hydrogen-bond donors (Lipinski definition) is 1. The predicted molar refractivity (Wildman–Crippen MR) is 112 cm³/mol. The minimum Gasteiger partial charge on any atom is -0.454 e. The van der Waals surface area contributed by atoms with E-state index in [1.807, 2.05) is 18.2 Å². The number of rotatable bonds is 4. The zero-order valence-corrected chi connectivity index (χ0v) is 17.6. The number of nitrogens with zero attached hydrogens (tertiary/aromatic N) is 1. The molecule has 154 valence electrons. The molecule has 0 saturated carbocycles. The Morgan fingerprint density at radius 2 is 1.86 bits per heavy atom. The van der Waals surface area contributed by atoms with Gasteiger partial charge >= 0.3 is 0 Å². The molecule has 2 aromatic carbocycles. The Bertz CT molecular complexity index is 1010. The van der Waals surface area contributed by atoms with Crippen LogP contribution < -0.4 is 14.8 Å². The first-order valence-corrected chi connectivity index (χ1v) is 11.8. The average molecular weight is 435 g/mol. The molecular weight excluding hydrogens is 412 g/mol. The van der Waals surface area contributed by atoms with Crippen LogP contribution in [-0.2, 0) is 14.8 Å².